The first-order chi connectivity index (χ1) is 7.29. The zero-order chi connectivity index (χ0) is 10.7. The van der Waals surface area contributed by atoms with Gasteiger partial charge >= 0.3 is 0 Å². The Morgan fingerprint density at radius 2 is 2.07 bits per heavy atom. The third-order valence-electron chi connectivity index (χ3n) is 3.29. The predicted molar refractivity (Wildman–Crippen MR) is 61.6 cm³/mol. The molecule has 0 radical (unpaired) electrons. The second-order valence-electron chi connectivity index (χ2n) is 4.34. The van der Waals surface area contributed by atoms with Gasteiger partial charge < -0.3 is 4.90 Å². The molecular formula is C13H18FN. The molecule has 0 aliphatic carbocycles. The van der Waals surface area contributed by atoms with Crippen LogP contribution in [0.15, 0.2) is 24.3 Å². The van der Waals surface area contributed by atoms with Gasteiger partial charge in [-0.15, -0.1) is 0 Å². The van der Waals surface area contributed by atoms with Crippen molar-refractivity contribution in [1.82, 2.24) is 0 Å². The molecule has 1 unspecified atom stereocenters. The summed E-state index contributed by atoms with van der Waals surface area (Å²) in [5.74, 6) is 0.659. The highest BCUT2D eigenvalue weighted by molar-refractivity contribution is 5.46. The number of halogens is 1. The van der Waals surface area contributed by atoms with Crippen LogP contribution in [-0.4, -0.2) is 13.1 Å². The first kappa shape index (κ1) is 10.5. The molecule has 1 aliphatic rings. The van der Waals surface area contributed by atoms with Gasteiger partial charge in [0.15, 0.2) is 0 Å². The summed E-state index contributed by atoms with van der Waals surface area (Å²) in [6.45, 7) is 4.49. The summed E-state index contributed by atoms with van der Waals surface area (Å²) >= 11 is 0. The van der Waals surface area contributed by atoms with Crippen molar-refractivity contribution in [3.8, 4) is 0 Å². The predicted octanol–water partition coefficient (Wildman–Crippen LogP) is 3.45. The summed E-state index contributed by atoms with van der Waals surface area (Å²) in [5.41, 5.74) is 1.16. The maximum atomic E-state index is 12.8. The molecule has 2 rings (SSSR count). The lowest BCUT2D eigenvalue weighted by molar-refractivity contribution is 0.404. The summed E-state index contributed by atoms with van der Waals surface area (Å²) in [6, 6.07) is 6.86. The van der Waals surface area contributed by atoms with Crippen LogP contribution in [0.1, 0.15) is 26.2 Å². The molecule has 0 saturated carbocycles. The fourth-order valence-corrected chi connectivity index (χ4v) is 2.28. The van der Waals surface area contributed by atoms with Gasteiger partial charge in [-0.2, -0.15) is 0 Å². The summed E-state index contributed by atoms with van der Waals surface area (Å²) in [7, 11) is 0. The van der Waals surface area contributed by atoms with Gasteiger partial charge in [0.1, 0.15) is 5.82 Å². The largest absolute Gasteiger partial charge is 0.371 e. The van der Waals surface area contributed by atoms with E-state index in [9.17, 15) is 4.39 Å². The van der Waals surface area contributed by atoms with Crippen LogP contribution in [0, 0.1) is 11.7 Å². The van der Waals surface area contributed by atoms with Gasteiger partial charge in [-0.05, 0) is 43.0 Å². The third-order valence-corrected chi connectivity index (χ3v) is 3.29. The standard InChI is InChI=1S/C13H18FN/c1-2-11-4-3-9-15(10-11)13-7-5-12(14)6-8-13/h5-8,11H,2-4,9-10H2,1H3. The lowest BCUT2D eigenvalue weighted by Gasteiger charge is -2.34. The Hall–Kier alpha value is -1.05. The molecule has 1 atom stereocenters. The lowest BCUT2D eigenvalue weighted by Crippen LogP contribution is -2.35. The molecule has 1 nitrogen and oxygen atoms in total. The number of anilines is 1. The molecule has 0 amide bonds. The van der Waals surface area contributed by atoms with Gasteiger partial charge in [0, 0.05) is 18.8 Å². The van der Waals surface area contributed by atoms with Crippen molar-refractivity contribution in [3.05, 3.63) is 30.1 Å². The van der Waals surface area contributed by atoms with E-state index in [2.05, 4.69) is 11.8 Å². The monoisotopic (exact) mass is 207 g/mol. The van der Waals surface area contributed by atoms with Gasteiger partial charge in [0.2, 0.25) is 0 Å². The van der Waals surface area contributed by atoms with E-state index in [0.717, 1.165) is 24.7 Å². The quantitative estimate of drug-likeness (QED) is 0.718. The Bertz CT molecular complexity index is 307. The van der Waals surface area contributed by atoms with E-state index < -0.39 is 0 Å². The summed E-state index contributed by atoms with van der Waals surface area (Å²) in [6.07, 6.45) is 3.85. The summed E-state index contributed by atoms with van der Waals surface area (Å²) in [5, 5.41) is 0. The zero-order valence-corrected chi connectivity index (χ0v) is 9.25. The first-order valence-electron chi connectivity index (χ1n) is 5.80. The average Bonchev–Trinajstić information content (AvgIpc) is 2.30. The number of hydrogen-bond donors (Lipinski definition) is 0. The van der Waals surface area contributed by atoms with Gasteiger partial charge in [-0.3, -0.25) is 0 Å². The maximum Gasteiger partial charge on any atom is 0.123 e. The Morgan fingerprint density at radius 3 is 2.73 bits per heavy atom. The average molecular weight is 207 g/mol. The van der Waals surface area contributed by atoms with Crippen LogP contribution in [0.5, 0.6) is 0 Å². The highest BCUT2D eigenvalue weighted by Crippen LogP contribution is 2.24. The molecule has 0 bridgehead atoms. The number of rotatable bonds is 2. The van der Waals surface area contributed by atoms with Crippen molar-refractivity contribution in [1.29, 1.82) is 0 Å². The minimum atomic E-state index is -0.150. The Kier molecular flexibility index (Phi) is 3.24. The normalized spacial score (nSPS) is 21.7. The van der Waals surface area contributed by atoms with E-state index in [1.807, 2.05) is 12.1 Å². The molecule has 1 fully saturated rings. The Labute approximate surface area is 90.9 Å². The zero-order valence-electron chi connectivity index (χ0n) is 9.25. The lowest BCUT2D eigenvalue weighted by atomic mass is 9.95. The Morgan fingerprint density at radius 1 is 1.33 bits per heavy atom. The van der Waals surface area contributed by atoms with E-state index in [4.69, 9.17) is 0 Å². The van der Waals surface area contributed by atoms with Crippen LogP contribution in [0.3, 0.4) is 0 Å². The topological polar surface area (TPSA) is 3.24 Å². The van der Waals surface area contributed by atoms with Crippen LogP contribution in [-0.2, 0) is 0 Å². The first-order valence-corrected chi connectivity index (χ1v) is 5.80. The van der Waals surface area contributed by atoms with Crippen molar-refractivity contribution >= 4 is 5.69 Å². The Balaban J connectivity index is 2.06. The van der Waals surface area contributed by atoms with E-state index in [1.54, 1.807) is 12.1 Å². The molecule has 1 aromatic carbocycles. The smallest absolute Gasteiger partial charge is 0.123 e. The minimum absolute atomic E-state index is 0.150. The molecule has 82 valence electrons. The van der Waals surface area contributed by atoms with Crippen molar-refractivity contribution in [2.75, 3.05) is 18.0 Å². The molecule has 0 N–H and O–H groups in total. The fourth-order valence-electron chi connectivity index (χ4n) is 2.28. The summed E-state index contributed by atoms with van der Waals surface area (Å²) < 4.78 is 12.8. The van der Waals surface area contributed by atoms with Gasteiger partial charge in [-0.25, -0.2) is 4.39 Å². The second kappa shape index (κ2) is 4.65. The van der Waals surface area contributed by atoms with Crippen LogP contribution < -0.4 is 4.90 Å². The van der Waals surface area contributed by atoms with E-state index in [0.29, 0.717) is 0 Å². The minimum Gasteiger partial charge on any atom is -0.371 e. The molecule has 15 heavy (non-hydrogen) atoms. The highest BCUT2D eigenvalue weighted by atomic mass is 19.1. The van der Waals surface area contributed by atoms with Crippen molar-refractivity contribution < 1.29 is 4.39 Å². The van der Waals surface area contributed by atoms with E-state index >= 15 is 0 Å². The van der Waals surface area contributed by atoms with E-state index in [-0.39, 0.29) is 5.82 Å². The fraction of sp³-hybridized carbons (Fsp3) is 0.538. The van der Waals surface area contributed by atoms with Crippen molar-refractivity contribution in [2.45, 2.75) is 26.2 Å². The van der Waals surface area contributed by atoms with Crippen LogP contribution >= 0.6 is 0 Å². The third kappa shape index (κ3) is 2.49. The van der Waals surface area contributed by atoms with Gasteiger partial charge in [-0.1, -0.05) is 13.3 Å². The van der Waals surface area contributed by atoms with Crippen LogP contribution in [0.2, 0.25) is 0 Å². The van der Waals surface area contributed by atoms with Crippen LogP contribution in [0.25, 0.3) is 0 Å². The van der Waals surface area contributed by atoms with Gasteiger partial charge in [0.25, 0.3) is 0 Å². The second-order valence-corrected chi connectivity index (χ2v) is 4.34. The van der Waals surface area contributed by atoms with Gasteiger partial charge in [0.05, 0.1) is 0 Å². The van der Waals surface area contributed by atoms with Crippen molar-refractivity contribution in [2.24, 2.45) is 5.92 Å². The molecule has 0 spiro atoms. The molecule has 1 saturated heterocycles. The molecule has 1 heterocycles. The molecule has 0 aromatic heterocycles. The molecular weight excluding hydrogens is 189 g/mol. The maximum absolute atomic E-state index is 12.8. The number of piperidine rings is 1. The highest BCUT2D eigenvalue weighted by Gasteiger charge is 2.18. The number of nitrogens with zero attached hydrogens (tertiary/aromatic N) is 1. The SMILES string of the molecule is CCC1CCCN(c2ccc(F)cc2)C1. The van der Waals surface area contributed by atoms with Crippen molar-refractivity contribution in [3.63, 3.8) is 0 Å². The molecule has 2 heteroatoms. The van der Waals surface area contributed by atoms with E-state index in [1.165, 1.54) is 19.3 Å². The van der Waals surface area contributed by atoms with Crippen LogP contribution in [0.4, 0.5) is 10.1 Å². The number of benzene rings is 1. The molecule has 1 aromatic rings. The number of hydrogen-bond acceptors (Lipinski definition) is 1. The molecule has 1 aliphatic heterocycles. The summed E-state index contributed by atoms with van der Waals surface area (Å²) in [4.78, 5) is 2.37.